The largest absolute Gasteiger partial charge is 0.347 e. The van der Waals surface area contributed by atoms with Gasteiger partial charge in [0.25, 0.3) is 0 Å². The number of halogens is 1. The fourth-order valence-corrected chi connectivity index (χ4v) is 4.33. The Kier molecular flexibility index (Phi) is 5.44. The third-order valence-electron chi connectivity index (χ3n) is 4.47. The molecule has 1 saturated heterocycles. The number of amides is 1. The molecular weight excluding hydrogens is 339 g/mol. The number of hydrogen-bond acceptors (Lipinski definition) is 4. The topological polar surface area (TPSA) is 41.4 Å². The zero-order valence-electron chi connectivity index (χ0n) is 14.7. The Balaban J connectivity index is 1.77. The molecule has 2 aromatic rings. The number of imidazole rings is 1. The molecule has 1 aliphatic heterocycles. The van der Waals surface area contributed by atoms with E-state index in [2.05, 4.69) is 9.88 Å². The van der Waals surface area contributed by atoms with Crippen molar-refractivity contribution in [3.8, 4) is 0 Å². The summed E-state index contributed by atoms with van der Waals surface area (Å²) in [6.45, 7) is 1.17. The number of nitrogens with zero attached hydrogens (tertiary/aromatic N) is 4. The van der Waals surface area contributed by atoms with E-state index in [1.165, 1.54) is 6.07 Å². The Morgan fingerprint density at radius 1 is 1.40 bits per heavy atom. The van der Waals surface area contributed by atoms with Crippen LogP contribution in [0.1, 0.15) is 12.0 Å². The number of likely N-dealkylation sites (tertiary alicyclic amines) is 1. The summed E-state index contributed by atoms with van der Waals surface area (Å²) in [4.78, 5) is 20.7. The van der Waals surface area contributed by atoms with Crippen molar-refractivity contribution in [2.45, 2.75) is 29.4 Å². The molecule has 1 aromatic carbocycles. The van der Waals surface area contributed by atoms with E-state index >= 15 is 0 Å². The molecular formula is C18H23FN4OS. The maximum atomic E-state index is 14.0. The van der Waals surface area contributed by atoms with E-state index in [1.807, 2.05) is 23.9 Å². The average Bonchev–Trinajstić information content (AvgIpc) is 3.16. The molecule has 7 heteroatoms. The van der Waals surface area contributed by atoms with Crippen molar-refractivity contribution in [3.05, 3.63) is 48.0 Å². The highest BCUT2D eigenvalue weighted by atomic mass is 32.2. The molecule has 0 radical (unpaired) electrons. The van der Waals surface area contributed by atoms with Gasteiger partial charge in [0, 0.05) is 57.4 Å². The van der Waals surface area contributed by atoms with E-state index in [9.17, 15) is 9.18 Å². The molecule has 3 rings (SSSR count). The number of thioether (sulfide) groups is 1. The van der Waals surface area contributed by atoms with Gasteiger partial charge in [-0.1, -0.05) is 30.0 Å². The van der Waals surface area contributed by atoms with E-state index < -0.39 is 0 Å². The van der Waals surface area contributed by atoms with Crippen LogP contribution < -0.4 is 0 Å². The van der Waals surface area contributed by atoms with Crippen molar-refractivity contribution in [3.63, 3.8) is 0 Å². The first-order chi connectivity index (χ1) is 12.0. The first-order valence-electron chi connectivity index (χ1n) is 8.28. The predicted octanol–water partition coefficient (Wildman–Crippen LogP) is 2.38. The minimum Gasteiger partial charge on any atom is -0.347 e. The fraction of sp³-hybridized carbons (Fsp3) is 0.444. The summed E-state index contributed by atoms with van der Waals surface area (Å²) in [7, 11) is 5.50. The van der Waals surface area contributed by atoms with E-state index in [1.54, 1.807) is 49.1 Å². The number of rotatable bonds is 5. The van der Waals surface area contributed by atoms with Crippen molar-refractivity contribution in [1.29, 1.82) is 0 Å². The summed E-state index contributed by atoms with van der Waals surface area (Å²) < 4.78 is 16.0. The van der Waals surface area contributed by atoms with E-state index in [0.29, 0.717) is 12.1 Å². The van der Waals surface area contributed by atoms with Crippen molar-refractivity contribution in [1.82, 2.24) is 19.4 Å². The summed E-state index contributed by atoms with van der Waals surface area (Å²) in [6.07, 6.45) is 4.43. The average molecular weight is 362 g/mol. The van der Waals surface area contributed by atoms with Crippen LogP contribution in [0.15, 0.2) is 41.8 Å². The highest BCUT2D eigenvalue weighted by Gasteiger charge is 2.38. The molecule has 1 fully saturated rings. The summed E-state index contributed by atoms with van der Waals surface area (Å²) in [5.41, 5.74) is 0.627. The molecule has 0 spiro atoms. The minimum absolute atomic E-state index is 0.0688. The molecule has 0 N–H and O–H groups in total. The van der Waals surface area contributed by atoms with Gasteiger partial charge >= 0.3 is 0 Å². The maximum Gasteiger partial charge on any atom is 0.239 e. The summed E-state index contributed by atoms with van der Waals surface area (Å²) >= 11 is 1.68. The van der Waals surface area contributed by atoms with Crippen LogP contribution in [0.5, 0.6) is 0 Å². The molecule has 0 aliphatic carbocycles. The molecule has 1 aromatic heterocycles. The lowest BCUT2D eigenvalue weighted by atomic mass is 10.1. The number of aromatic nitrogens is 2. The van der Waals surface area contributed by atoms with Gasteiger partial charge in [-0.25, -0.2) is 9.37 Å². The van der Waals surface area contributed by atoms with Gasteiger partial charge in [-0.2, -0.15) is 0 Å². The molecule has 1 aliphatic rings. The third kappa shape index (κ3) is 4.04. The van der Waals surface area contributed by atoms with Crippen molar-refractivity contribution in [2.75, 3.05) is 20.6 Å². The van der Waals surface area contributed by atoms with E-state index in [0.717, 1.165) is 18.1 Å². The standard InChI is InChI=1S/C18H23FN4OS/c1-21(2)17(24)16-10-14(25-18-20-8-9-22(18)3)12-23(16)11-13-6-4-5-7-15(13)19/h4-9,14,16H,10-12H2,1-3H3/t14-,16+/m1/s1. The quantitative estimate of drug-likeness (QED) is 0.819. The second kappa shape index (κ2) is 7.58. The zero-order valence-corrected chi connectivity index (χ0v) is 15.5. The van der Waals surface area contributed by atoms with Crippen molar-refractivity contribution < 1.29 is 9.18 Å². The highest BCUT2D eigenvalue weighted by molar-refractivity contribution is 7.99. The summed E-state index contributed by atoms with van der Waals surface area (Å²) in [5.74, 6) is -0.155. The number of benzene rings is 1. The number of hydrogen-bond donors (Lipinski definition) is 0. The second-order valence-corrected chi connectivity index (χ2v) is 7.83. The van der Waals surface area contributed by atoms with Crippen molar-refractivity contribution in [2.24, 2.45) is 7.05 Å². The Labute approximate surface area is 151 Å². The van der Waals surface area contributed by atoms with E-state index in [4.69, 9.17) is 0 Å². The van der Waals surface area contributed by atoms with Crippen LogP contribution in [0.3, 0.4) is 0 Å². The highest BCUT2D eigenvalue weighted by Crippen LogP contribution is 2.33. The Morgan fingerprint density at radius 2 is 2.16 bits per heavy atom. The van der Waals surface area contributed by atoms with Gasteiger partial charge in [-0.05, 0) is 12.5 Å². The van der Waals surface area contributed by atoms with Crippen LogP contribution in [0.4, 0.5) is 4.39 Å². The van der Waals surface area contributed by atoms with Gasteiger partial charge in [-0.15, -0.1) is 0 Å². The molecule has 2 atom stereocenters. The first kappa shape index (κ1) is 17.9. The van der Waals surface area contributed by atoms with Gasteiger partial charge in [0.05, 0.1) is 6.04 Å². The minimum atomic E-state index is -0.229. The lowest BCUT2D eigenvalue weighted by molar-refractivity contribution is -0.133. The monoisotopic (exact) mass is 362 g/mol. The van der Waals surface area contributed by atoms with Crippen LogP contribution >= 0.6 is 11.8 Å². The van der Waals surface area contributed by atoms with Crippen LogP contribution in [-0.2, 0) is 18.4 Å². The Morgan fingerprint density at radius 3 is 2.80 bits per heavy atom. The SMILES string of the molecule is CN(C)C(=O)[C@@H]1C[C@@H](Sc2nccn2C)CN1Cc1ccccc1F. The fourth-order valence-electron chi connectivity index (χ4n) is 3.14. The van der Waals surface area contributed by atoms with Gasteiger partial charge in [0.2, 0.25) is 5.91 Å². The molecule has 0 saturated carbocycles. The summed E-state index contributed by atoms with van der Waals surface area (Å²) in [6, 6.07) is 6.54. The van der Waals surface area contributed by atoms with E-state index in [-0.39, 0.29) is 23.0 Å². The van der Waals surface area contributed by atoms with Gasteiger partial charge in [-0.3, -0.25) is 9.69 Å². The molecule has 5 nitrogen and oxygen atoms in total. The molecule has 1 amide bonds. The lowest BCUT2D eigenvalue weighted by Crippen LogP contribution is -2.42. The molecule has 25 heavy (non-hydrogen) atoms. The Bertz CT molecular complexity index is 748. The number of likely N-dealkylation sites (N-methyl/N-ethyl adjacent to an activating group) is 1. The number of carbonyl (C=O) groups is 1. The normalized spacial score (nSPS) is 20.8. The molecule has 2 heterocycles. The zero-order chi connectivity index (χ0) is 18.0. The van der Waals surface area contributed by atoms with Gasteiger partial charge < -0.3 is 9.47 Å². The smallest absolute Gasteiger partial charge is 0.239 e. The first-order valence-corrected chi connectivity index (χ1v) is 9.16. The van der Waals surface area contributed by atoms with Crippen LogP contribution in [-0.4, -0.2) is 57.2 Å². The number of carbonyl (C=O) groups excluding carboxylic acids is 1. The summed E-state index contributed by atoms with van der Waals surface area (Å²) in [5, 5.41) is 1.19. The van der Waals surface area contributed by atoms with Crippen LogP contribution in [0, 0.1) is 5.82 Å². The third-order valence-corrected chi connectivity index (χ3v) is 5.75. The second-order valence-electron chi connectivity index (χ2n) is 6.57. The number of aryl methyl sites for hydroxylation is 1. The Hall–Kier alpha value is -1.86. The van der Waals surface area contributed by atoms with Crippen molar-refractivity contribution >= 4 is 17.7 Å². The van der Waals surface area contributed by atoms with Gasteiger partial charge in [0.15, 0.2) is 5.16 Å². The lowest BCUT2D eigenvalue weighted by Gasteiger charge is -2.26. The predicted molar refractivity (Wildman–Crippen MR) is 96.8 cm³/mol. The molecule has 0 bridgehead atoms. The molecule has 134 valence electrons. The van der Waals surface area contributed by atoms with Crippen LogP contribution in [0.2, 0.25) is 0 Å². The van der Waals surface area contributed by atoms with Crippen LogP contribution in [0.25, 0.3) is 0 Å². The van der Waals surface area contributed by atoms with Gasteiger partial charge in [0.1, 0.15) is 5.82 Å². The maximum absolute atomic E-state index is 14.0. The molecule has 0 unspecified atom stereocenters.